The molecule has 1 unspecified atom stereocenters. The van der Waals surface area contributed by atoms with Crippen LogP contribution in [-0.2, 0) is 42.9 Å². The third-order valence-electron chi connectivity index (χ3n) is 3.51. The molecular weight excluding hydrogens is 389 g/mol. The number of aliphatic carboxylic acids is 1. The second-order valence-electron chi connectivity index (χ2n) is 5.26. The monoisotopic (exact) mass is 407 g/mol. The van der Waals surface area contributed by atoms with E-state index in [-0.39, 0.29) is 52.1 Å². The van der Waals surface area contributed by atoms with E-state index < -0.39 is 49.0 Å². The van der Waals surface area contributed by atoms with Gasteiger partial charge in [0.1, 0.15) is 12.5 Å². The van der Waals surface area contributed by atoms with Gasteiger partial charge in [0.25, 0.3) is 0 Å². The number of nitrogens with one attached hydrogen (secondary N) is 1. The summed E-state index contributed by atoms with van der Waals surface area (Å²) in [6.07, 6.45) is 0. The number of rotatable bonds is 7. The van der Waals surface area contributed by atoms with Crippen LogP contribution < -0.4 is 40.0 Å². The maximum atomic E-state index is 12.4. The number of hydrogen-bond donors (Lipinski definition) is 1. The first-order valence-corrected chi connectivity index (χ1v) is 7.51. The largest absolute Gasteiger partial charge is 1.00 e. The van der Waals surface area contributed by atoms with Crippen LogP contribution in [0.1, 0.15) is 13.8 Å². The molecule has 1 aliphatic heterocycles. The molecule has 11 nitrogen and oxygen atoms in total. The molecule has 0 aromatic heterocycles. The number of ether oxygens (including phenoxy) is 4. The molecule has 0 bridgehead atoms. The molecule has 1 heterocycles. The molecule has 148 valence electrons. The predicted octanol–water partition coefficient (Wildman–Crippen LogP) is -5.06. The van der Waals surface area contributed by atoms with E-state index in [0.717, 1.165) is 14.2 Å². The van der Waals surface area contributed by atoms with Gasteiger partial charge in [-0.15, -0.1) is 0 Å². The summed E-state index contributed by atoms with van der Waals surface area (Å²) in [6.45, 7) is 1.10. The first-order chi connectivity index (χ1) is 12.6. The van der Waals surface area contributed by atoms with Crippen molar-refractivity contribution in [1.29, 1.82) is 0 Å². The summed E-state index contributed by atoms with van der Waals surface area (Å²) >= 11 is 0. The van der Waals surface area contributed by atoms with E-state index in [1.165, 1.54) is 13.8 Å². The Morgan fingerprint density at radius 1 is 0.893 bits per heavy atom. The van der Waals surface area contributed by atoms with Crippen LogP contribution in [0.2, 0.25) is 0 Å². The van der Waals surface area contributed by atoms with Crippen LogP contribution in [0.4, 0.5) is 0 Å². The Morgan fingerprint density at radius 3 is 1.75 bits per heavy atom. The van der Waals surface area contributed by atoms with Gasteiger partial charge in [0.2, 0.25) is 0 Å². The van der Waals surface area contributed by atoms with Crippen molar-refractivity contribution in [1.82, 2.24) is 5.32 Å². The van der Waals surface area contributed by atoms with Crippen LogP contribution in [0, 0.1) is 5.92 Å². The van der Waals surface area contributed by atoms with Gasteiger partial charge >= 0.3 is 53.4 Å². The molecule has 0 aromatic rings. The molecular formula is C16H18NNaO10. The van der Waals surface area contributed by atoms with E-state index in [0.29, 0.717) is 0 Å². The molecule has 1 N–H and O–H groups in total. The average molecular weight is 407 g/mol. The number of esters is 4. The van der Waals surface area contributed by atoms with Crippen molar-refractivity contribution in [2.24, 2.45) is 5.92 Å². The molecule has 28 heavy (non-hydrogen) atoms. The number of carbonyl (C=O) groups is 5. The fraction of sp³-hybridized carbons (Fsp3) is 0.438. The number of hydrogen-bond acceptors (Lipinski definition) is 11. The molecule has 1 aliphatic rings. The number of methoxy groups -OCH3 is 2. The van der Waals surface area contributed by atoms with E-state index in [9.17, 15) is 29.1 Å². The molecule has 0 amide bonds. The minimum atomic E-state index is -1.65. The maximum absolute atomic E-state index is 12.4. The summed E-state index contributed by atoms with van der Waals surface area (Å²) < 4.78 is 18.4. The SMILES string of the molecule is COC(=O)COC(=O)C1=C(C)NC(C)=C(C(=O)OCC(=O)[O-])C1C(=O)OC.[Na+]. The molecule has 0 saturated heterocycles. The molecule has 0 spiro atoms. The Hall–Kier alpha value is -2.37. The minimum absolute atomic E-state index is 0. The first-order valence-electron chi connectivity index (χ1n) is 7.51. The molecule has 1 atom stereocenters. The molecule has 0 aliphatic carbocycles. The van der Waals surface area contributed by atoms with Gasteiger partial charge in [0, 0.05) is 11.4 Å². The first kappa shape index (κ1) is 25.6. The molecule has 0 saturated carbocycles. The summed E-state index contributed by atoms with van der Waals surface area (Å²) in [6, 6.07) is 0. The van der Waals surface area contributed by atoms with Gasteiger partial charge in [-0.25, -0.2) is 14.4 Å². The Labute approximate surface area is 182 Å². The smallest absolute Gasteiger partial charge is 0.546 e. The minimum Gasteiger partial charge on any atom is -0.546 e. The summed E-state index contributed by atoms with van der Waals surface area (Å²) in [7, 11) is 2.13. The fourth-order valence-electron chi connectivity index (χ4n) is 2.35. The van der Waals surface area contributed by atoms with Crippen molar-refractivity contribution < 1.29 is 77.6 Å². The Kier molecular flexibility index (Phi) is 10.5. The number of allylic oxidation sites excluding steroid dienone is 2. The van der Waals surface area contributed by atoms with Crippen LogP contribution in [0.5, 0.6) is 0 Å². The summed E-state index contributed by atoms with van der Waals surface area (Å²) in [5.41, 5.74) is -0.305. The van der Waals surface area contributed by atoms with Crippen LogP contribution >= 0.6 is 0 Å². The fourth-order valence-corrected chi connectivity index (χ4v) is 2.35. The zero-order valence-electron chi connectivity index (χ0n) is 16.1. The molecule has 1 rings (SSSR count). The van der Waals surface area contributed by atoms with E-state index in [1.807, 2.05) is 0 Å². The summed E-state index contributed by atoms with van der Waals surface area (Å²) in [4.78, 5) is 58.6. The quantitative estimate of drug-likeness (QED) is 0.245. The Bertz CT molecular complexity index is 740. The topological polar surface area (TPSA) is 157 Å². The van der Waals surface area contributed by atoms with Crippen molar-refractivity contribution in [3.63, 3.8) is 0 Å². The van der Waals surface area contributed by atoms with Gasteiger partial charge < -0.3 is 34.2 Å². The van der Waals surface area contributed by atoms with Crippen molar-refractivity contribution in [2.45, 2.75) is 13.8 Å². The molecule has 12 heteroatoms. The maximum Gasteiger partial charge on any atom is 1.00 e. The van der Waals surface area contributed by atoms with Crippen molar-refractivity contribution in [3.8, 4) is 0 Å². The molecule has 0 fully saturated rings. The zero-order chi connectivity index (χ0) is 20.7. The Morgan fingerprint density at radius 2 is 1.36 bits per heavy atom. The second-order valence-corrected chi connectivity index (χ2v) is 5.26. The summed E-state index contributed by atoms with van der Waals surface area (Å²) in [5, 5.41) is 13.2. The molecule has 0 aromatic carbocycles. The van der Waals surface area contributed by atoms with Gasteiger partial charge in [-0.2, -0.15) is 0 Å². The van der Waals surface area contributed by atoms with E-state index in [1.54, 1.807) is 0 Å². The third kappa shape index (κ3) is 6.36. The third-order valence-corrected chi connectivity index (χ3v) is 3.51. The number of carbonyl (C=O) groups excluding carboxylic acids is 5. The second kappa shape index (κ2) is 11.5. The van der Waals surface area contributed by atoms with Gasteiger partial charge in [0.15, 0.2) is 6.61 Å². The van der Waals surface area contributed by atoms with Gasteiger partial charge in [0.05, 0.1) is 31.3 Å². The van der Waals surface area contributed by atoms with Gasteiger partial charge in [-0.1, -0.05) is 0 Å². The number of dihydropyridines is 1. The van der Waals surface area contributed by atoms with E-state index >= 15 is 0 Å². The van der Waals surface area contributed by atoms with Gasteiger partial charge in [-0.3, -0.25) is 4.79 Å². The van der Waals surface area contributed by atoms with Crippen molar-refractivity contribution >= 4 is 29.8 Å². The van der Waals surface area contributed by atoms with E-state index in [2.05, 4.69) is 19.5 Å². The normalized spacial score (nSPS) is 15.6. The van der Waals surface area contributed by atoms with Crippen molar-refractivity contribution in [2.75, 3.05) is 27.4 Å². The number of carboxylic acid groups (broad SMARTS) is 1. The van der Waals surface area contributed by atoms with E-state index in [4.69, 9.17) is 4.74 Å². The zero-order valence-corrected chi connectivity index (χ0v) is 18.1. The predicted molar refractivity (Wildman–Crippen MR) is 83.0 cm³/mol. The summed E-state index contributed by atoms with van der Waals surface area (Å²) in [5.74, 6) is -7.25. The van der Waals surface area contributed by atoms with Crippen LogP contribution in [0.25, 0.3) is 0 Å². The number of carboxylic acids is 1. The van der Waals surface area contributed by atoms with Crippen LogP contribution in [0.3, 0.4) is 0 Å². The molecule has 0 radical (unpaired) electrons. The van der Waals surface area contributed by atoms with Crippen LogP contribution in [-0.4, -0.2) is 57.3 Å². The Balaban J connectivity index is 0.00000729. The van der Waals surface area contributed by atoms with Crippen molar-refractivity contribution in [3.05, 3.63) is 22.5 Å². The average Bonchev–Trinajstić information content (AvgIpc) is 2.62. The van der Waals surface area contributed by atoms with Crippen LogP contribution in [0.15, 0.2) is 22.5 Å². The standard InChI is InChI=1S/C16H19NO10.Na/c1-7-11(15(22)26-5-9(18)19)13(14(21)25-4)12(8(2)17-7)16(23)27-6-10(20)24-3;/h13,17H,5-6H2,1-4H3,(H,18,19);/q;+1/p-1. The van der Waals surface area contributed by atoms with Gasteiger partial charge in [-0.05, 0) is 13.8 Å².